The highest BCUT2D eigenvalue weighted by Crippen LogP contribution is 2.47. The average molecular weight is 502 g/mol. The molecule has 1 aromatic carbocycles. The van der Waals surface area contributed by atoms with Gasteiger partial charge in [-0.25, -0.2) is 4.99 Å². The van der Waals surface area contributed by atoms with Gasteiger partial charge < -0.3 is 14.7 Å². The van der Waals surface area contributed by atoms with E-state index in [1.807, 2.05) is 24.3 Å². The highest BCUT2D eigenvalue weighted by atomic mass is 127. The fraction of sp³-hybridized carbons (Fsp3) is 0.526. The molecule has 1 saturated heterocycles. The molecular formula is C19H25ClIN5O. The first kappa shape index (κ1) is 20.4. The van der Waals surface area contributed by atoms with Gasteiger partial charge in [0.1, 0.15) is 6.54 Å². The van der Waals surface area contributed by atoms with Crippen molar-refractivity contribution < 1.29 is 4.52 Å². The van der Waals surface area contributed by atoms with E-state index in [9.17, 15) is 0 Å². The number of guanidine groups is 1. The highest BCUT2D eigenvalue weighted by Gasteiger charge is 2.43. The zero-order valence-electron chi connectivity index (χ0n) is 15.4. The summed E-state index contributed by atoms with van der Waals surface area (Å²) in [5.41, 5.74) is 1.38. The molecule has 4 rings (SSSR count). The second kappa shape index (κ2) is 8.77. The molecule has 1 spiro atoms. The van der Waals surface area contributed by atoms with Crippen LogP contribution in [0.4, 0.5) is 0 Å². The van der Waals surface area contributed by atoms with Crippen LogP contribution in [0.25, 0.3) is 11.4 Å². The van der Waals surface area contributed by atoms with E-state index in [1.54, 1.807) is 0 Å². The molecule has 0 radical (unpaired) electrons. The number of rotatable bonds is 4. The molecule has 1 aromatic heterocycles. The fourth-order valence-electron chi connectivity index (χ4n) is 3.83. The molecule has 0 amide bonds. The van der Waals surface area contributed by atoms with Crippen molar-refractivity contribution in [1.29, 1.82) is 0 Å². The first-order valence-corrected chi connectivity index (χ1v) is 9.67. The van der Waals surface area contributed by atoms with Crippen molar-refractivity contribution in [2.24, 2.45) is 10.4 Å². The lowest BCUT2D eigenvalue weighted by molar-refractivity contribution is 0.151. The van der Waals surface area contributed by atoms with E-state index in [-0.39, 0.29) is 24.0 Å². The minimum absolute atomic E-state index is 0. The van der Waals surface area contributed by atoms with Gasteiger partial charge in [-0.2, -0.15) is 4.98 Å². The zero-order valence-corrected chi connectivity index (χ0v) is 18.5. The van der Waals surface area contributed by atoms with E-state index in [0.717, 1.165) is 31.2 Å². The van der Waals surface area contributed by atoms with Crippen LogP contribution in [-0.2, 0) is 6.54 Å². The Morgan fingerprint density at radius 3 is 2.89 bits per heavy atom. The Balaban J connectivity index is 0.00000210. The van der Waals surface area contributed by atoms with E-state index in [4.69, 9.17) is 21.1 Å². The number of likely N-dealkylation sites (tertiary alicyclic amines) is 1. The highest BCUT2D eigenvalue weighted by molar-refractivity contribution is 14.0. The normalized spacial score (nSPS) is 18.3. The molecule has 2 aromatic rings. The van der Waals surface area contributed by atoms with Crippen molar-refractivity contribution in [3.63, 3.8) is 0 Å². The van der Waals surface area contributed by atoms with Gasteiger partial charge in [0.25, 0.3) is 0 Å². The van der Waals surface area contributed by atoms with E-state index in [0.29, 0.717) is 28.7 Å². The van der Waals surface area contributed by atoms with Crippen LogP contribution in [0.1, 0.15) is 38.5 Å². The molecule has 1 aliphatic heterocycles. The summed E-state index contributed by atoms with van der Waals surface area (Å²) in [6, 6.07) is 7.44. The van der Waals surface area contributed by atoms with E-state index >= 15 is 0 Å². The topological polar surface area (TPSA) is 66.5 Å². The number of aromatic nitrogens is 2. The third-order valence-corrected chi connectivity index (χ3v) is 5.64. The molecule has 0 unspecified atom stereocenters. The van der Waals surface area contributed by atoms with Crippen molar-refractivity contribution in [2.45, 2.75) is 39.2 Å². The Morgan fingerprint density at radius 2 is 2.22 bits per heavy atom. The summed E-state index contributed by atoms with van der Waals surface area (Å²) in [7, 11) is 0. The number of aliphatic imine (C=N–C) groups is 1. The summed E-state index contributed by atoms with van der Waals surface area (Å²) < 4.78 is 5.37. The molecule has 0 bridgehead atoms. The SMILES string of the molecule is CCNC(=NCc1nc(-c2cccc(Cl)c2)no1)N1CCC2(CCC2)C1.I. The van der Waals surface area contributed by atoms with Gasteiger partial charge >= 0.3 is 0 Å². The van der Waals surface area contributed by atoms with Crippen LogP contribution in [0, 0.1) is 5.41 Å². The summed E-state index contributed by atoms with van der Waals surface area (Å²) in [5.74, 6) is 1.99. The monoisotopic (exact) mass is 501 g/mol. The van der Waals surface area contributed by atoms with Crippen LogP contribution in [-0.4, -0.2) is 40.6 Å². The third-order valence-electron chi connectivity index (χ3n) is 5.40. The molecule has 1 aliphatic carbocycles. The molecule has 0 atom stereocenters. The van der Waals surface area contributed by atoms with Crippen LogP contribution in [0.15, 0.2) is 33.8 Å². The summed E-state index contributed by atoms with van der Waals surface area (Å²) in [6.45, 7) is 5.49. The lowest BCUT2D eigenvalue weighted by atomic mass is 9.68. The molecule has 6 nitrogen and oxygen atoms in total. The lowest BCUT2D eigenvalue weighted by Crippen LogP contribution is -2.42. The number of nitrogens with zero attached hydrogens (tertiary/aromatic N) is 4. The summed E-state index contributed by atoms with van der Waals surface area (Å²) in [6.07, 6.45) is 5.36. The largest absolute Gasteiger partial charge is 0.357 e. The summed E-state index contributed by atoms with van der Waals surface area (Å²) in [4.78, 5) is 11.5. The molecule has 2 heterocycles. The lowest BCUT2D eigenvalue weighted by Gasteiger charge is -2.38. The van der Waals surface area contributed by atoms with Crippen molar-refractivity contribution in [2.75, 3.05) is 19.6 Å². The maximum absolute atomic E-state index is 6.03. The summed E-state index contributed by atoms with van der Waals surface area (Å²) in [5, 5.41) is 8.09. The first-order valence-electron chi connectivity index (χ1n) is 9.29. The number of hydrogen-bond acceptors (Lipinski definition) is 4. The van der Waals surface area contributed by atoms with Crippen molar-refractivity contribution in [3.8, 4) is 11.4 Å². The smallest absolute Gasteiger partial charge is 0.248 e. The standard InChI is InChI=1S/C19H24ClN5O.HI/c1-2-21-18(25-10-9-19(13-25)7-4-8-19)22-12-16-23-17(24-26-16)14-5-3-6-15(20)11-14;/h3,5-6,11H,2,4,7-10,12-13H2,1H3,(H,21,22);1H. The van der Waals surface area contributed by atoms with Crippen molar-refractivity contribution in [3.05, 3.63) is 35.2 Å². The minimum atomic E-state index is 0. The van der Waals surface area contributed by atoms with Crippen molar-refractivity contribution >= 4 is 41.5 Å². The third kappa shape index (κ3) is 4.56. The van der Waals surface area contributed by atoms with E-state index < -0.39 is 0 Å². The maximum Gasteiger partial charge on any atom is 0.248 e. The molecular weight excluding hydrogens is 477 g/mol. The van der Waals surface area contributed by atoms with Gasteiger partial charge in [0.15, 0.2) is 5.96 Å². The van der Waals surface area contributed by atoms with Gasteiger partial charge in [-0.3, -0.25) is 0 Å². The van der Waals surface area contributed by atoms with Crippen molar-refractivity contribution in [1.82, 2.24) is 20.4 Å². The zero-order chi connectivity index (χ0) is 18.0. The van der Waals surface area contributed by atoms with Gasteiger partial charge in [-0.15, -0.1) is 24.0 Å². The number of nitrogens with one attached hydrogen (secondary N) is 1. The van der Waals surface area contributed by atoms with Gasteiger partial charge in [0.2, 0.25) is 11.7 Å². The molecule has 2 fully saturated rings. The van der Waals surface area contributed by atoms with E-state index in [1.165, 1.54) is 25.7 Å². The quantitative estimate of drug-likeness (QED) is 0.383. The van der Waals surface area contributed by atoms with Gasteiger partial charge in [-0.05, 0) is 43.7 Å². The Labute approximate surface area is 181 Å². The van der Waals surface area contributed by atoms with Gasteiger partial charge in [-0.1, -0.05) is 35.3 Å². The number of benzene rings is 1. The first-order chi connectivity index (χ1) is 12.7. The van der Waals surface area contributed by atoms with Crippen LogP contribution >= 0.6 is 35.6 Å². The van der Waals surface area contributed by atoms with Gasteiger partial charge in [0, 0.05) is 30.2 Å². The summed E-state index contributed by atoms with van der Waals surface area (Å²) >= 11 is 6.03. The van der Waals surface area contributed by atoms with Crippen LogP contribution in [0.5, 0.6) is 0 Å². The Bertz CT molecular complexity index is 805. The maximum atomic E-state index is 6.03. The minimum Gasteiger partial charge on any atom is -0.357 e. The van der Waals surface area contributed by atoms with Gasteiger partial charge in [0.05, 0.1) is 0 Å². The number of hydrogen-bond donors (Lipinski definition) is 1. The molecule has 2 aliphatic rings. The van der Waals surface area contributed by atoms with Crippen LogP contribution < -0.4 is 5.32 Å². The number of halogens is 2. The second-order valence-electron chi connectivity index (χ2n) is 7.22. The Hall–Kier alpha value is -1.35. The Morgan fingerprint density at radius 1 is 1.37 bits per heavy atom. The van der Waals surface area contributed by atoms with Crippen LogP contribution in [0.3, 0.4) is 0 Å². The molecule has 1 saturated carbocycles. The molecule has 1 N–H and O–H groups in total. The Kier molecular flexibility index (Phi) is 6.62. The van der Waals surface area contributed by atoms with E-state index in [2.05, 4.69) is 27.3 Å². The molecule has 146 valence electrons. The molecule has 8 heteroatoms. The average Bonchev–Trinajstić information content (AvgIpc) is 3.26. The predicted molar refractivity (Wildman–Crippen MR) is 117 cm³/mol. The molecule has 27 heavy (non-hydrogen) atoms. The fourth-order valence-corrected chi connectivity index (χ4v) is 4.02. The second-order valence-corrected chi connectivity index (χ2v) is 7.65. The predicted octanol–water partition coefficient (Wildman–Crippen LogP) is 4.35. The van der Waals surface area contributed by atoms with Crippen LogP contribution in [0.2, 0.25) is 5.02 Å².